The highest BCUT2D eigenvalue weighted by Crippen LogP contribution is 2.40. The van der Waals surface area contributed by atoms with E-state index in [0.717, 1.165) is 62.0 Å². The van der Waals surface area contributed by atoms with Gasteiger partial charge in [0.05, 0.1) is 12.7 Å². The van der Waals surface area contributed by atoms with E-state index in [1.54, 1.807) is 0 Å². The first kappa shape index (κ1) is 16.5. The molecule has 1 aliphatic carbocycles. The van der Waals surface area contributed by atoms with Crippen molar-refractivity contribution in [3.63, 3.8) is 0 Å². The number of nitrogens with zero attached hydrogens (tertiary/aromatic N) is 2. The molecule has 0 bridgehead atoms. The number of hydrogen-bond acceptors (Lipinski definition) is 4. The van der Waals surface area contributed by atoms with E-state index in [1.165, 1.54) is 0 Å². The van der Waals surface area contributed by atoms with Crippen LogP contribution in [0.4, 0.5) is 0 Å². The van der Waals surface area contributed by atoms with Gasteiger partial charge in [-0.2, -0.15) is 0 Å². The van der Waals surface area contributed by atoms with Crippen LogP contribution in [-0.4, -0.2) is 47.4 Å². The monoisotopic (exact) mass is 354 g/mol. The van der Waals surface area contributed by atoms with E-state index in [2.05, 4.69) is 16.0 Å². The second kappa shape index (κ2) is 6.46. The zero-order chi connectivity index (χ0) is 17.7. The Kier molecular flexibility index (Phi) is 4.09. The lowest BCUT2D eigenvalue weighted by molar-refractivity contribution is -0.135. The first-order valence-corrected chi connectivity index (χ1v) is 9.94. The molecule has 2 saturated heterocycles. The molecule has 4 aliphatic rings. The first-order valence-electron chi connectivity index (χ1n) is 9.94. The van der Waals surface area contributed by atoms with Crippen molar-refractivity contribution in [2.24, 2.45) is 16.8 Å². The zero-order valence-electron chi connectivity index (χ0n) is 15.0. The minimum Gasteiger partial charge on any atom is -0.377 e. The summed E-state index contributed by atoms with van der Waals surface area (Å²) in [6, 6.07) is 8.02. The van der Waals surface area contributed by atoms with Crippen molar-refractivity contribution in [2.75, 3.05) is 19.7 Å². The highest BCUT2D eigenvalue weighted by Gasteiger charge is 2.40. The van der Waals surface area contributed by atoms with E-state index in [0.29, 0.717) is 24.3 Å². The molecule has 0 aromatic heterocycles. The van der Waals surface area contributed by atoms with Gasteiger partial charge < -0.3 is 14.7 Å². The summed E-state index contributed by atoms with van der Waals surface area (Å²) in [4.78, 5) is 18.9. The summed E-state index contributed by atoms with van der Waals surface area (Å²) in [5, 5.41) is 10.4. The molecule has 1 aromatic rings. The van der Waals surface area contributed by atoms with Gasteiger partial charge in [-0.1, -0.05) is 24.3 Å². The van der Waals surface area contributed by atoms with Crippen LogP contribution in [0.15, 0.2) is 29.3 Å². The molecule has 3 fully saturated rings. The number of likely N-dealkylation sites (tertiary alicyclic amines) is 1. The van der Waals surface area contributed by atoms with Crippen LogP contribution in [0.3, 0.4) is 0 Å². The average Bonchev–Trinajstić information content (AvgIpc) is 3.53. The summed E-state index contributed by atoms with van der Waals surface area (Å²) in [7, 11) is 0. The average molecular weight is 354 g/mol. The Morgan fingerprint density at radius 3 is 2.58 bits per heavy atom. The molecular weight excluding hydrogens is 328 g/mol. The van der Waals surface area contributed by atoms with E-state index in [4.69, 9.17) is 4.74 Å². The van der Waals surface area contributed by atoms with Crippen molar-refractivity contribution in [1.29, 1.82) is 0 Å². The zero-order valence-corrected chi connectivity index (χ0v) is 15.0. The lowest BCUT2D eigenvalue weighted by Crippen LogP contribution is -2.45. The van der Waals surface area contributed by atoms with Crippen LogP contribution >= 0.6 is 0 Å². The Morgan fingerprint density at radius 2 is 1.85 bits per heavy atom. The summed E-state index contributed by atoms with van der Waals surface area (Å²) >= 11 is 0. The van der Waals surface area contributed by atoms with Gasteiger partial charge in [0.2, 0.25) is 5.91 Å². The van der Waals surface area contributed by atoms with Gasteiger partial charge in [-0.3, -0.25) is 9.79 Å². The fourth-order valence-electron chi connectivity index (χ4n) is 4.81. The van der Waals surface area contributed by atoms with E-state index < -0.39 is 6.23 Å². The largest absolute Gasteiger partial charge is 0.377 e. The Morgan fingerprint density at radius 1 is 1.12 bits per heavy atom. The molecule has 1 N–H and O–H groups in total. The Labute approximate surface area is 154 Å². The maximum atomic E-state index is 12.2. The van der Waals surface area contributed by atoms with Gasteiger partial charge in [-0.25, -0.2) is 0 Å². The van der Waals surface area contributed by atoms with Crippen LogP contribution in [0.5, 0.6) is 0 Å². The maximum absolute atomic E-state index is 12.2. The Balaban J connectivity index is 1.25. The minimum absolute atomic E-state index is 0.167. The lowest BCUT2D eigenvalue weighted by atomic mass is 9.79. The third kappa shape index (κ3) is 2.87. The van der Waals surface area contributed by atoms with E-state index in [-0.39, 0.29) is 12.0 Å². The van der Waals surface area contributed by atoms with Crippen LogP contribution in [0, 0.1) is 11.8 Å². The van der Waals surface area contributed by atoms with Gasteiger partial charge in [0, 0.05) is 42.6 Å². The fraction of sp³-hybridized carbons (Fsp3) is 0.619. The normalized spacial score (nSPS) is 31.8. The van der Waals surface area contributed by atoms with E-state index in [9.17, 15) is 9.90 Å². The number of hydrogen-bond donors (Lipinski definition) is 1. The van der Waals surface area contributed by atoms with Crippen LogP contribution in [0.1, 0.15) is 55.4 Å². The molecule has 3 heterocycles. The van der Waals surface area contributed by atoms with Gasteiger partial charge in [0.25, 0.3) is 0 Å². The molecule has 1 saturated carbocycles. The Hall–Kier alpha value is -1.72. The number of ether oxygens (including phenoxy) is 1. The lowest BCUT2D eigenvalue weighted by Gasteiger charge is -2.41. The molecule has 1 amide bonds. The molecule has 5 heteroatoms. The molecule has 5 nitrogen and oxygen atoms in total. The van der Waals surface area contributed by atoms with Crippen LogP contribution in [0.2, 0.25) is 0 Å². The van der Waals surface area contributed by atoms with E-state index in [1.807, 2.05) is 18.2 Å². The van der Waals surface area contributed by atoms with Gasteiger partial charge in [-0.15, -0.1) is 0 Å². The molecule has 26 heavy (non-hydrogen) atoms. The highest BCUT2D eigenvalue weighted by molar-refractivity contribution is 5.93. The van der Waals surface area contributed by atoms with Crippen molar-refractivity contribution in [3.8, 4) is 0 Å². The van der Waals surface area contributed by atoms with Crippen molar-refractivity contribution in [2.45, 2.75) is 50.4 Å². The minimum atomic E-state index is -0.741. The van der Waals surface area contributed by atoms with Crippen LogP contribution in [0.25, 0.3) is 0 Å². The third-order valence-corrected chi connectivity index (χ3v) is 6.53. The molecule has 3 atom stereocenters. The number of piperidine rings is 1. The number of benzene rings is 1. The van der Waals surface area contributed by atoms with Gasteiger partial charge >= 0.3 is 0 Å². The summed E-state index contributed by atoms with van der Waals surface area (Å²) in [6.45, 7) is 2.37. The fourth-order valence-corrected chi connectivity index (χ4v) is 4.81. The predicted octanol–water partition coefficient (Wildman–Crippen LogP) is 2.65. The summed E-state index contributed by atoms with van der Waals surface area (Å²) in [5.74, 6) is 1.35. The number of carbonyl (C=O) groups is 1. The number of aliphatic hydroxyl groups excluding tert-OH is 1. The van der Waals surface area contributed by atoms with Crippen LogP contribution in [-0.2, 0) is 9.53 Å². The van der Waals surface area contributed by atoms with Crippen LogP contribution < -0.4 is 0 Å². The highest BCUT2D eigenvalue weighted by atomic mass is 16.5. The van der Waals surface area contributed by atoms with Crippen molar-refractivity contribution in [3.05, 3.63) is 35.4 Å². The number of rotatable bonds is 2. The van der Waals surface area contributed by atoms with E-state index >= 15 is 0 Å². The van der Waals surface area contributed by atoms with Gasteiger partial charge in [0.1, 0.15) is 0 Å². The number of carbonyl (C=O) groups excluding carboxylic acids is 1. The molecular formula is C21H26N2O3. The Bertz CT molecular complexity index is 735. The molecule has 0 radical (unpaired) electrons. The second-order valence-electron chi connectivity index (χ2n) is 8.19. The van der Waals surface area contributed by atoms with Gasteiger partial charge in [0.15, 0.2) is 6.23 Å². The third-order valence-electron chi connectivity index (χ3n) is 6.53. The first-order chi connectivity index (χ1) is 12.7. The standard InChI is InChI=1S/C21H26N2O3/c24-20-16-4-2-1-3-15(16)17-12-26-19(11-18(17)22-20)13-7-9-23(10-8-13)21(25)14-5-6-14/h1-4,13-14,17,19-20,24H,5-12H2. The number of aliphatic imine (C=N–C) groups is 1. The van der Waals surface area contributed by atoms with Crippen molar-refractivity contribution >= 4 is 11.6 Å². The summed E-state index contributed by atoms with van der Waals surface area (Å²) in [6.07, 6.45) is 4.41. The van der Waals surface area contributed by atoms with Crippen molar-refractivity contribution in [1.82, 2.24) is 4.90 Å². The molecule has 0 spiro atoms. The maximum Gasteiger partial charge on any atom is 0.225 e. The quantitative estimate of drug-likeness (QED) is 0.888. The summed E-state index contributed by atoms with van der Waals surface area (Å²) < 4.78 is 6.27. The second-order valence-corrected chi connectivity index (χ2v) is 8.19. The number of fused-ring (bicyclic) bond motifs is 3. The molecule has 5 rings (SSSR count). The van der Waals surface area contributed by atoms with Crippen molar-refractivity contribution < 1.29 is 14.6 Å². The topological polar surface area (TPSA) is 62.1 Å². The summed E-state index contributed by atoms with van der Waals surface area (Å²) in [5.41, 5.74) is 3.16. The van der Waals surface area contributed by atoms with Gasteiger partial charge in [-0.05, 0) is 37.2 Å². The predicted molar refractivity (Wildman–Crippen MR) is 98.0 cm³/mol. The number of aliphatic hydroxyl groups is 1. The molecule has 138 valence electrons. The molecule has 3 unspecified atom stereocenters. The number of amides is 1. The SMILES string of the molecule is O=C(C1CC1)N1CCC(C2CC3=NC(O)c4ccccc4C3CO2)CC1. The smallest absolute Gasteiger partial charge is 0.225 e. The molecule has 3 aliphatic heterocycles. The molecule has 1 aromatic carbocycles.